The maximum Gasteiger partial charge on any atom is 0.308 e. The van der Waals surface area contributed by atoms with Gasteiger partial charge < -0.3 is 15.2 Å². The number of allylic oxidation sites excluding steroid dienone is 4. The zero-order chi connectivity index (χ0) is 16.0. The summed E-state index contributed by atoms with van der Waals surface area (Å²) in [5.74, 6) is -0.787. The second-order valence-corrected chi connectivity index (χ2v) is 5.71. The lowest BCUT2D eigenvalue weighted by Gasteiger charge is -2.20. The first-order valence-corrected chi connectivity index (χ1v) is 7.60. The minimum absolute atomic E-state index is 0.0371. The van der Waals surface area contributed by atoms with Crippen LogP contribution in [-0.4, -0.2) is 29.6 Å². The van der Waals surface area contributed by atoms with E-state index in [-0.39, 0.29) is 24.7 Å². The third-order valence-corrected chi connectivity index (χ3v) is 3.65. The van der Waals surface area contributed by atoms with Gasteiger partial charge in [0.05, 0.1) is 23.6 Å². The molecule has 0 aromatic rings. The Bertz CT molecular complexity index is 525. The maximum absolute atomic E-state index is 11.7. The van der Waals surface area contributed by atoms with Crippen LogP contribution in [-0.2, 0) is 14.3 Å². The molecule has 0 aliphatic heterocycles. The van der Waals surface area contributed by atoms with Crippen LogP contribution in [0.15, 0.2) is 33.0 Å². The van der Waals surface area contributed by atoms with E-state index in [1.165, 1.54) is 6.92 Å². The zero-order valence-corrected chi connectivity index (χ0v) is 14.1. The quantitative estimate of drug-likeness (QED) is 0.721. The highest BCUT2D eigenvalue weighted by Gasteiger charge is 2.25. The van der Waals surface area contributed by atoms with Crippen molar-refractivity contribution in [2.45, 2.75) is 32.7 Å². The molecule has 0 spiro atoms. The van der Waals surface area contributed by atoms with Crippen LogP contribution in [0.2, 0.25) is 0 Å². The van der Waals surface area contributed by atoms with E-state index in [0.717, 1.165) is 0 Å². The van der Waals surface area contributed by atoms with Gasteiger partial charge in [-0.15, -0.1) is 0 Å². The highest BCUT2D eigenvalue weighted by molar-refractivity contribution is 9.12. The number of esters is 1. The van der Waals surface area contributed by atoms with Gasteiger partial charge in [-0.1, -0.05) is 17.7 Å². The molecule has 1 aliphatic carbocycles. The standard InChI is InChI=1S/C14H17BrClNO4/c1-3-21-13(19)7-12(17-8(2)18)10-5-4-9(16)6-11(15)14(10)20/h4,6,12,20H,3,5,7H2,1-2H3,(H,17,18)/t12-/m0/s1. The number of amides is 1. The number of aliphatic hydroxyl groups excluding tert-OH is 1. The van der Waals surface area contributed by atoms with Crippen molar-refractivity contribution < 1.29 is 19.4 Å². The minimum Gasteiger partial charge on any atom is -0.507 e. The number of ether oxygens (including phenoxy) is 1. The Labute approximate surface area is 136 Å². The molecule has 1 amide bonds. The molecule has 5 nitrogen and oxygen atoms in total. The number of hydrogen-bond donors (Lipinski definition) is 2. The molecule has 0 radical (unpaired) electrons. The van der Waals surface area contributed by atoms with Crippen molar-refractivity contribution in [3.63, 3.8) is 0 Å². The Balaban J connectivity index is 3.07. The number of carbonyl (C=O) groups is 2. The van der Waals surface area contributed by atoms with Crippen molar-refractivity contribution in [1.82, 2.24) is 5.32 Å². The van der Waals surface area contributed by atoms with E-state index in [1.807, 2.05) is 0 Å². The lowest BCUT2D eigenvalue weighted by Crippen LogP contribution is -2.37. The highest BCUT2D eigenvalue weighted by atomic mass is 79.9. The summed E-state index contributed by atoms with van der Waals surface area (Å²) in [5, 5.41) is 13.3. The lowest BCUT2D eigenvalue weighted by molar-refractivity contribution is -0.143. The number of nitrogens with one attached hydrogen (secondary N) is 1. The van der Waals surface area contributed by atoms with Crippen molar-refractivity contribution in [1.29, 1.82) is 0 Å². The first-order chi connectivity index (χ1) is 9.85. The first kappa shape index (κ1) is 17.8. The van der Waals surface area contributed by atoms with E-state index in [4.69, 9.17) is 16.3 Å². The molecule has 7 heteroatoms. The van der Waals surface area contributed by atoms with Crippen LogP contribution >= 0.6 is 27.5 Å². The monoisotopic (exact) mass is 377 g/mol. The van der Waals surface area contributed by atoms with Gasteiger partial charge in [-0.2, -0.15) is 0 Å². The van der Waals surface area contributed by atoms with Crippen molar-refractivity contribution in [2.75, 3.05) is 6.61 Å². The number of carbonyl (C=O) groups excluding carboxylic acids is 2. The normalized spacial score (nSPS) is 16.6. The Kier molecular flexibility index (Phi) is 6.98. The van der Waals surface area contributed by atoms with E-state index >= 15 is 0 Å². The van der Waals surface area contributed by atoms with Gasteiger partial charge in [-0.05, 0) is 40.9 Å². The summed E-state index contributed by atoms with van der Waals surface area (Å²) in [6.07, 6.45) is 3.51. The van der Waals surface area contributed by atoms with Crippen molar-refractivity contribution in [3.05, 3.63) is 33.0 Å². The Hall–Kier alpha value is -1.27. The van der Waals surface area contributed by atoms with Crippen LogP contribution in [0.3, 0.4) is 0 Å². The summed E-state index contributed by atoms with van der Waals surface area (Å²) in [5.41, 5.74) is 0.497. The lowest BCUT2D eigenvalue weighted by atomic mass is 9.99. The number of halogens is 2. The summed E-state index contributed by atoms with van der Waals surface area (Å²) in [7, 11) is 0. The fraction of sp³-hybridized carbons (Fsp3) is 0.429. The fourth-order valence-corrected chi connectivity index (χ4v) is 2.73. The van der Waals surface area contributed by atoms with Crippen molar-refractivity contribution in [2.24, 2.45) is 0 Å². The second-order valence-electron chi connectivity index (χ2n) is 4.42. The molecule has 0 heterocycles. The summed E-state index contributed by atoms with van der Waals surface area (Å²) < 4.78 is 5.30. The van der Waals surface area contributed by atoms with Gasteiger partial charge in [-0.25, -0.2) is 0 Å². The summed E-state index contributed by atoms with van der Waals surface area (Å²) in [6.45, 7) is 3.31. The van der Waals surface area contributed by atoms with E-state index in [2.05, 4.69) is 21.2 Å². The third kappa shape index (κ3) is 5.55. The van der Waals surface area contributed by atoms with Gasteiger partial charge in [0.25, 0.3) is 0 Å². The zero-order valence-electron chi connectivity index (χ0n) is 11.8. The average Bonchev–Trinajstić information content (AvgIpc) is 2.49. The molecule has 1 atom stereocenters. The van der Waals surface area contributed by atoms with Gasteiger partial charge in [0.15, 0.2) is 0 Å². The molecule has 0 unspecified atom stereocenters. The Morgan fingerprint density at radius 3 is 2.81 bits per heavy atom. The van der Waals surface area contributed by atoms with E-state index in [9.17, 15) is 14.7 Å². The molecular formula is C14H17BrClNO4. The fourth-order valence-electron chi connectivity index (χ4n) is 1.91. The van der Waals surface area contributed by atoms with Gasteiger partial charge in [0, 0.05) is 12.0 Å². The molecule has 21 heavy (non-hydrogen) atoms. The summed E-state index contributed by atoms with van der Waals surface area (Å²) in [4.78, 5) is 23.0. The molecular weight excluding hydrogens is 362 g/mol. The van der Waals surface area contributed by atoms with Crippen LogP contribution < -0.4 is 5.32 Å². The molecule has 1 aliphatic rings. The predicted molar refractivity (Wildman–Crippen MR) is 84.1 cm³/mol. The molecule has 116 valence electrons. The van der Waals surface area contributed by atoms with E-state index in [0.29, 0.717) is 21.5 Å². The molecule has 0 saturated carbocycles. The van der Waals surface area contributed by atoms with Gasteiger partial charge in [-0.3, -0.25) is 9.59 Å². The highest BCUT2D eigenvalue weighted by Crippen LogP contribution is 2.30. The second kappa shape index (κ2) is 8.24. The Morgan fingerprint density at radius 1 is 1.57 bits per heavy atom. The molecule has 0 aromatic heterocycles. The van der Waals surface area contributed by atoms with Gasteiger partial charge >= 0.3 is 5.97 Å². The van der Waals surface area contributed by atoms with E-state index in [1.54, 1.807) is 19.1 Å². The molecule has 1 rings (SSSR count). The minimum atomic E-state index is -0.652. The molecule has 0 fully saturated rings. The van der Waals surface area contributed by atoms with Gasteiger partial charge in [0.2, 0.25) is 5.91 Å². The smallest absolute Gasteiger partial charge is 0.308 e. The topological polar surface area (TPSA) is 75.6 Å². The van der Waals surface area contributed by atoms with E-state index < -0.39 is 12.0 Å². The molecule has 0 bridgehead atoms. The molecule has 0 saturated heterocycles. The van der Waals surface area contributed by atoms with Crippen LogP contribution in [0.5, 0.6) is 0 Å². The molecule has 0 aromatic carbocycles. The van der Waals surface area contributed by atoms with Crippen molar-refractivity contribution >= 4 is 39.4 Å². The predicted octanol–water partition coefficient (Wildman–Crippen LogP) is 3.06. The van der Waals surface area contributed by atoms with Gasteiger partial charge in [0.1, 0.15) is 5.76 Å². The largest absolute Gasteiger partial charge is 0.507 e. The molecule has 2 N–H and O–H groups in total. The van der Waals surface area contributed by atoms with Crippen LogP contribution in [0, 0.1) is 0 Å². The SMILES string of the molecule is CCOC(=O)C[C@H](NC(C)=O)C1=C(O)C(Br)=CC(Cl)=CC1. The number of aliphatic hydroxyl groups is 1. The summed E-state index contributed by atoms with van der Waals surface area (Å²) in [6, 6.07) is -0.652. The van der Waals surface area contributed by atoms with Crippen molar-refractivity contribution in [3.8, 4) is 0 Å². The average molecular weight is 379 g/mol. The number of rotatable bonds is 5. The summed E-state index contributed by atoms with van der Waals surface area (Å²) >= 11 is 9.17. The maximum atomic E-state index is 11.7. The first-order valence-electron chi connectivity index (χ1n) is 6.43. The third-order valence-electron chi connectivity index (χ3n) is 2.79. The van der Waals surface area contributed by atoms with Crippen LogP contribution in [0.25, 0.3) is 0 Å². The van der Waals surface area contributed by atoms with Crippen LogP contribution in [0.4, 0.5) is 0 Å². The Morgan fingerprint density at radius 2 is 2.24 bits per heavy atom. The van der Waals surface area contributed by atoms with Crippen LogP contribution in [0.1, 0.15) is 26.7 Å². The number of hydrogen-bond acceptors (Lipinski definition) is 4.